The van der Waals surface area contributed by atoms with Crippen molar-refractivity contribution in [2.45, 2.75) is 37.8 Å². The number of rotatable bonds is 7. The molecule has 0 saturated carbocycles. The van der Waals surface area contributed by atoms with Gasteiger partial charge >= 0.3 is 0 Å². The molecular formula is C34H35N7O4. The number of benzene rings is 2. The molecule has 4 heterocycles. The second-order valence-corrected chi connectivity index (χ2v) is 11.8. The number of hydrogen-bond donors (Lipinski definition) is 4. The van der Waals surface area contributed by atoms with Crippen LogP contribution in [0.4, 0.5) is 0 Å². The summed E-state index contributed by atoms with van der Waals surface area (Å²) in [5, 5.41) is 34.2. The molecule has 230 valence electrons. The van der Waals surface area contributed by atoms with Gasteiger partial charge in [0.15, 0.2) is 0 Å². The average molecular weight is 606 g/mol. The number of amides is 2. The number of aromatic nitrogens is 3. The highest BCUT2D eigenvalue weighted by molar-refractivity contribution is 6.04. The number of hydrogen-bond acceptors (Lipinski definition) is 9. The van der Waals surface area contributed by atoms with Crippen LogP contribution in [0.25, 0.3) is 28.1 Å². The van der Waals surface area contributed by atoms with Crippen molar-refractivity contribution in [2.75, 3.05) is 26.2 Å². The Balaban J connectivity index is 1.20. The van der Waals surface area contributed by atoms with Crippen molar-refractivity contribution < 1.29 is 19.9 Å². The molecule has 3 aliphatic rings. The van der Waals surface area contributed by atoms with Crippen LogP contribution in [0.15, 0.2) is 78.3 Å². The van der Waals surface area contributed by atoms with Crippen LogP contribution in [0.2, 0.25) is 0 Å². The minimum Gasteiger partial charge on any atom is -0.411 e. The average Bonchev–Trinajstić information content (AvgIpc) is 3.71. The molecule has 11 nitrogen and oxygen atoms in total. The van der Waals surface area contributed by atoms with Crippen molar-refractivity contribution in [1.82, 2.24) is 30.3 Å². The molecule has 11 heteroatoms. The summed E-state index contributed by atoms with van der Waals surface area (Å²) < 4.78 is 1.89. The van der Waals surface area contributed by atoms with Crippen molar-refractivity contribution in [1.29, 1.82) is 0 Å². The molecule has 4 aromatic rings. The van der Waals surface area contributed by atoms with E-state index < -0.39 is 5.92 Å². The quantitative estimate of drug-likeness (QED) is 0.143. The molecule has 45 heavy (non-hydrogen) atoms. The lowest BCUT2D eigenvalue weighted by Gasteiger charge is -2.44. The van der Waals surface area contributed by atoms with E-state index in [0.717, 1.165) is 69.9 Å². The van der Waals surface area contributed by atoms with E-state index in [-0.39, 0.29) is 36.9 Å². The smallest absolute Gasteiger partial charge is 0.231 e. The molecule has 2 saturated heterocycles. The Hall–Kier alpha value is -4.71. The van der Waals surface area contributed by atoms with Crippen LogP contribution in [-0.4, -0.2) is 79.8 Å². The van der Waals surface area contributed by atoms with Gasteiger partial charge in [0.05, 0.1) is 23.9 Å². The fourth-order valence-corrected chi connectivity index (χ4v) is 7.00. The zero-order valence-corrected chi connectivity index (χ0v) is 24.8. The number of carbonyl (C=O) groups excluding carboxylic acids is 2. The first-order valence-electron chi connectivity index (χ1n) is 15.4. The highest BCUT2D eigenvalue weighted by atomic mass is 16.4. The minimum absolute atomic E-state index is 0.0466. The fourth-order valence-electron chi connectivity index (χ4n) is 7.00. The first-order valence-corrected chi connectivity index (χ1v) is 15.4. The Labute approximate surface area is 260 Å². The minimum atomic E-state index is -0.441. The van der Waals surface area contributed by atoms with Gasteiger partial charge in [0, 0.05) is 73.4 Å². The molecule has 1 aliphatic carbocycles. The van der Waals surface area contributed by atoms with E-state index in [4.69, 9.17) is 5.10 Å². The predicted molar refractivity (Wildman–Crippen MR) is 168 cm³/mol. The lowest BCUT2D eigenvalue weighted by Crippen LogP contribution is -2.57. The second kappa shape index (κ2) is 12.4. The monoisotopic (exact) mass is 605 g/mol. The third-order valence-corrected chi connectivity index (χ3v) is 9.33. The standard InChI is InChI=1S/C34H35N7O4/c42-20-31(27-8-10-32(43)37-34(27)44)40-16-15-36-18-30(40)21-1-5-25(6-2-21)41-19-28(33(38-41)22-11-13-35-14-12-22)24-3-7-26-23(17-24)4-9-29(26)39-45/h1-3,5-7,11-14,17,19,27,30-31,36,42,45H,4,8-10,15-16,18,20H2,(H,37,43,44)/b39-29+. The Morgan fingerprint density at radius 1 is 0.978 bits per heavy atom. The molecule has 0 spiro atoms. The Morgan fingerprint density at radius 3 is 2.56 bits per heavy atom. The molecule has 4 N–H and O–H groups in total. The summed E-state index contributed by atoms with van der Waals surface area (Å²) in [5.74, 6) is -0.998. The molecule has 3 atom stereocenters. The highest BCUT2D eigenvalue weighted by Crippen LogP contribution is 2.36. The van der Waals surface area contributed by atoms with E-state index in [1.165, 1.54) is 0 Å². The number of pyridine rings is 1. The van der Waals surface area contributed by atoms with Gasteiger partial charge in [-0.05, 0) is 60.2 Å². The Kier molecular flexibility index (Phi) is 7.97. The van der Waals surface area contributed by atoms with Gasteiger partial charge in [0.1, 0.15) is 5.69 Å². The third kappa shape index (κ3) is 5.54. The summed E-state index contributed by atoms with van der Waals surface area (Å²) in [7, 11) is 0. The van der Waals surface area contributed by atoms with Crippen molar-refractivity contribution >= 4 is 17.5 Å². The van der Waals surface area contributed by atoms with Crippen molar-refractivity contribution in [3.8, 4) is 28.1 Å². The molecule has 0 radical (unpaired) electrons. The lowest BCUT2D eigenvalue weighted by atomic mass is 9.87. The molecular weight excluding hydrogens is 570 g/mol. The van der Waals surface area contributed by atoms with Crippen LogP contribution in [0.1, 0.15) is 42.0 Å². The number of nitrogens with zero attached hydrogens (tertiary/aromatic N) is 5. The summed E-state index contributed by atoms with van der Waals surface area (Å²) in [6.45, 7) is 1.95. The summed E-state index contributed by atoms with van der Waals surface area (Å²) in [6, 6.07) is 18.0. The predicted octanol–water partition coefficient (Wildman–Crippen LogP) is 3.09. The molecule has 0 bridgehead atoms. The first kappa shape index (κ1) is 29.0. The zero-order valence-electron chi connectivity index (χ0n) is 24.8. The lowest BCUT2D eigenvalue weighted by molar-refractivity contribution is -0.139. The largest absolute Gasteiger partial charge is 0.411 e. The second-order valence-electron chi connectivity index (χ2n) is 11.8. The van der Waals surface area contributed by atoms with Gasteiger partial charge in [-0.3, -0.25) is 24.8 Å². The van der Waals surface area contributed by atoms with Gasteiger partial charge in [-0.15, -0.1) is 0 Å². The maximum absolute atomic E-state index is 12.7. The normalized spacial score (nSPS) is 21.9. The molecule has 2 aromatic carbocycles. The molecule has 2 aliphatic heterocycles. The zero-order chi connectivity index (χ0) is 30.9. The van der Waals surface area contributed by atoms with Crippen molar-refractivity contribution in [3.63, 3.8) is 0 Å². The van der Waals surface area contributed by atoms with Crippen LogP contribution in [0, 0.1) is 5.92 Å². The number of aryl methyl sites for hydroxylation is 1. The number of imide groups is 1. The van der Waals surface area contributed by atoms with Gasteiger partial charge in [0.2, 0.25) is 11.8 Å². The summed E-state index contributed by atoms with van der Waals surface area (Å²) in [6.07, 6.45) is 7.84. The van der Waals surface area contributed by atoms with Crippen LogP contribution in [-0.2, 0) is 16.0 Å². The summed E-state index contributed by atoms with van der Waals surface area (Å²) in [4.78, 5) is 30.8. The summed E-state index contributed by atoms with van der Waals surface area (Å²) >= 11 is 0. The van der Waals surface area contributed by atoms with E-state index in [2.05, 4.69) is 49.9 Å². The number of aliphatic hydroxyl groups is 1. The highest BCUT2D eigenvalue weighted by Gasteiger charge is 2.40. The molecule has 2 fully saturated rings. The molecule has 7 rings (SSSR count). The maximum Gasteiger partial charge on any atom is 0.231 e. The fraction of sp³-hybridized carbons (Fsp3) is 0.324. The third-order valence-electron chi connectivity index (χ3n) is 9.33. The first-order chi connectivity index (χ1) is 22.0. The van der Waals surface area contributed by atoms with E-state index in [1.54, 1.807) is 12.4 Å². The molecule has 3 unspecified atom stereocenters. The number of fused-ring (bicyclic) bond motifs is 1. The van der Waals surface area contributed by atoms with E-state index in [9.17, 15) is 19.9 Å². The van der Waals surface area contributed by atoms with Gasteiger partial charge < -0.3 is 15.6 Å². The van der Waals surface area contributed by atoms with Crippen LogP contribution in [0.5, 0.6) is 0 Å². The van der Waals surface area contributed by atoms with Crippen LogP contribution in [0.3, 0.4) is 0 Å². The number of oxime groups is 1. The van der Waals surface area contributed by atoms with E-state index >= 15 is 0 Å². The number of nitrogens with one attached hydrogen (secondary N) is 2. The summed E-state index contributed by atoms with van der Waals surface area (Å²) in [5.41, 5.74) is 8.65. The van der Waals surface area contributed by atoms with Crippen LogP contribution < -0.4 is 10.6 Å². The Morgan fingerprint density at radius 2 is 1.80 bits per heavy atom. The number of aliphatic hydroxyl groups excluding tert-OH is 1. The van der Waals surface area contributed by atoms with Gasteiger partial charge in [-0.2, -0.15) is 5.10 Å². The van der Waals surface area contributed by atoms with Crippen molar-refractivity contribution in [3.05, 3.63) is 89.9 Å². The van der Waals surface area contributed by atoms with E-state index in [1.807, 2.05) is 41.2 Å². The number of piperazine rings is 1. The Bertz CT molecular complexity index is 1750. The SMILES string of the molecule is O=C1CCC(C(CO)N2CCNCC2c2ccc(-n3cc(-c4ccc5c(c4)CC/C5=N\O)c(-c4ccncc4)n3)cc2)C(=O)N1. The number of carbonyl (C=O) groups is 2. The maximum atomic E-state index is 12.7. The van der Waals surface area contributed by atoms with Gasteiger partial charge in [-0.25, -0.2) is 4.68 Å². The molecule has 2 amide bonds. The van der Waals surface area contributed by atoms with Gasteiger partial charge in [-0.1, -0.05) is 35.5 Å². The van der Waals surface area contributed by atoms with Crippen molar-refractivity contribution in [2.24, 2.45) is 11.1 Å². The molecule has 2 aromatic heterocycles. The van der Waals surface area contributed by atoms with E-state index in [0.29, 0.717) is 19.5 Å². The van der Waals surface area contributed by atoms with Gasteiger partial charge in [0.25, 0.3) is 0 Å². The topological polar surface area (TPSA) is 145 Å². The van der Waals surface area contributed by atoms with Crippen LogP contribution >= 0.6 is 0 Å². The number of piperidine rings is 1.